The average molecular weight is 675 g/mol. The fraction of sp³-hybridized carbons (Fsp3) is 0.267. The number of rotatable bonds is 10. The van der Waals surface area contributed by atoms with Gasteiger partial charge in [0, 0.05) is 60.5 Å². The zero-order valence-electron chi connectivity index (χ0n) is 23.4. The van der Waals surface area contributed by atoms with Crippen molar-refractivity contribution in [2.24, 2.45) is 0 Å². The van der Waals surface area contributed by atoms with Crippen molar-refractivity contribution in [3.63, 3.8) is 0 Å². The summed E-state index contributed by atoms with van der Waals surface area (Å²) in [7, 11) is -6.84. The Morgan fingerprint density at radius 2 is 0.786 bits per heavy atom. The molecule has 0 amide bonds. The van der Waals surface area contributed by atoms with Crippen LogP contribution < -0.4 is 9.24 Å². The Morgan fingerprint density at radius 1 is 0.476 bits per heavy atom. The van der Waals surface area contributed by atoms with Gasteiger partial charge < -0.3 is 18.1 Å². The maximum Gasteiger partial charge on any atom is 0.371 e. The van der Waals surface area contributed by atoms with Crippen LogP contribution in [0, 0.1) is 0 Å². The SMILES string of the molecule is CCOP(=O)(OCC)c1cc2c(ccc3sc4ccc5sc6ccc7sc(P(=O)(OCC)OCC)cc7c6c5c4c32)s1. The first kappa shape index (κ1) is 29.1. The van der Waals surface area contributed by atoms with E-state index in [1.54, 1.807) is 22.7 Å². The van der Waals surface area contributed by atoms with Crippen molar-refractivity contribution in [2.75, 3.05) is 26.4 Å². The predicted molar refractivity (Wildman–Crippen MR) is 184 cm³/mol. The van der Waals surface area contributed by atoms with Crippen molar-refractivity contribution < 1.29 is 27.2 Å². The first-order valence-electron chi connectivity index (χ1n) is 13.8. The van der Waals surface area contributed by atoms with Crippen LogP contribution in [0.15, 0.2) is 48.5 Å². The van der Waals surface area contributed by atoms with Crippen LogP contribution in [0.2, 0.25) is 0 Å². The number of benzene rings is 3. The Bertz CT molecular complexity index is 2060. The summed E-state index contributed by atoms with van der Waals surface area (Å²) in [6, 6.07) is 17.0. The molecule has 0 aliphatic carbocycles. The van der Waals surface area contributed by atoms with E-state index in [9.17, 15) is 9.13 Å². The monoisotopic (exact) mass is 674 g/mol. The van der Waals surface area contributed by atoms with Gasteiger partial charge in [-0.3, -0.25) is 9.13 Å². The quantitative estimate of drug-likeness (QED) is 0.135. The van der Waals surface area contributed by atoms with Gasteiger partial charge in [0.25, 0.3) is 0 Å². The van der Waals surface area contributed by atoms with E-state index in [1.807, 2.05) is 39.8 Å². The first-order chi connectivity index (χ1) is 20.3. The van der Waals surface area contributed by atoms with Crippen molar-refractivity contribution >= 4 is 130 Å². The van der Waals surface area contributed by atoms with Crippen LogP contribution in [0.4, 0.5) is 0 Å². The molecule has 3 aromatic carbocycles. The standard InChI is InChI=1S/C30H28O6P2S4/c1-5-33-37(31,34-6-2)25-15-17-19(41-25)9-11-21-27(17)29-23(39-21)13-14-24-30(29)28-18-16-26(38(32,35-7-3)36-8-4)42-20(18)10-12-22(28)40-24/h9-16H,5-8H2,1-4H3. The highest BCUT2D eigenvalue weighted by atomic mass is 32.1. The van der Waals surface area contributed by atoms with Crippen LogP contribution >= 0.6 is 60.5 Å². The third kappa shape index (κ3) is 4.47. The second kappa shape index (κ2) is 11.0. The van der Waals surface area contributed by atoms with Crippen LogP contribution in [-0.4, -0.2) is 26.4 Å². The van der Waals surface area contributed by atoms with Crippen LogP contribution in [0.25, 0.3) is 60.5 Å². The minimum absolute atomic E-state index is 0.308. The van der Waals surface area contributed by atoms with Gasteiger partial charge in [0.2, 0.25) is 0 Å². The maximum absolute atomic E-state index is 13.7. The number of thiophene rings is 4. The van der Waals surface area contributed by atoms with E-state index in [1.165, 1.54) is 52.2 Å². The Labute approximate surface area is 258 Å². The fourth-order valence-corrected chi connectivity index (χ4v) is 14.2. The Balaban J connectivity index is 1.57. The highest BCUT2D eigenvalue weighted by Gasteiger charge is 2.31. The van der Waals surface area contributed by atoms with E-state index in [-0.39, 0.29) is 0 Å². The molecule has 218 valence electrons. The van der Waals surface area contributed by atoms with Gasteiger partial charge >= 0.3 is 15.2 Å². The van der Waals surface area contributed by atoms with Gasteiger partial charge in [-0.2, -0.15) is 0 Å². The Kier molecular flexibility index (Phi) is 7.64. The summed E-state index contributed by atoms with van der Waals surface area (Å²) < 4.78 is 58.3. The van der Waals surface area contributed by atoms with Gasteiger partial charge in [-0.25, -0.2) is 0 Å². The molecule has 0 atom stereocenters. The van der Waals surface area contributed by atoms with E-state index in [4.69, 9.17) is 18.1 Å². The lowest BCUT2D eigenvalue weighted by molar-refractivity contribution is 0.229. The van der Waals surface area contributed by atoms with Gasteiger partial charge in [-0.15, -0.1) is 45.3 Å². The molecule has 7 rings (SSSR count). The normalized spacial score (nSPS) is 13.2. The molecular formula is C30H28O6P2S4. The second-order valence-corrected chi connectivity index (χ2v) is 18.5. The summed E-state index contributed by atoms with van der Waals surface area (Å²) in [5.74, 6) is 0. The highest BCUT2D eigenvalue weighted by Crippen LogP contribution is 2.54. The molecule has 6 nitrogen and oxygen atoms in total. The number of fused-ring (bicyclic) bond motifs is 11. The summed E-state index contributed by atoms with van der Waals surface area (Å²) in [4.78, 5) is 0. The maximum atomic E-state index is 13.7. The van der Waals surface area contributed by atoms with E-state index in [0.717, 1.165) is 30.9 Å². The molecule has 0 bridgehead atoms. The van der Waals surface area contributed by atoms with Crippen molar-refractivity contribution in [2.45, 2.75) is 27.7 Å². The van der Waals surface area contributed by atoms with Gasteiger partial charge in [-0.1, -0.05) is 0 Å². The van der Waals surface area contributed by atoms with Crippen molar-refractivity contribution in [1.82, 2.24) is 0 Å². The lowest BCUT2D eigenvalue weighted by atomic mass is 10.0. The van der Waals surface area contributed by atoms with Crippen molar-refractivity contribution in [3.8, 4) is 0 Å². The first-order valence-corrected chi connectivity index (χ1v) is 20.1. The van der Waals surface area contributed by atoms with Crippen LogP contribution in [0.3, 0.4) is 0 Å². The second-order valence-electron chi connectivity index (χ2n) is 9.55. The van der Waals surface area contributed by atoms with Crippen molar-refractivity contribution in [3.05, 3.63) is 48.5 Å². The molecule has 4 heterocycles. The third-order valence-corrected chi connectivity index (χ3v) is 16.8. The summed E-state index contributed by atoms with van der Waals surface area (Å²) in [6.07, 6.45) is 0. The average Bonchev–Trinajstić information content (AvgIpc) is 3.74. The summed E-state index contributed by atoms with van der Waals surface area (Å²) in [6.45, 7) is 8.56. The molecule has 0 saturated heterocycles. The molecule has 0 spiro atoms. The molecule has 0 saturated carbocycles. The minimum atomic E-state index is -3.42. The molecule has 0 radical (unpaired) electrons. The Morgan fingerprint density at radius 3 is 1.12 bits per heavy atom. The molecule has 0 aliphatic rings. The summed E-state index contributed by atoms with van der Waals surface area (Å²) >= 11 is 6.48. The molecular weight excluding hydrogens is 647 g/mol. The molecule has 0 N–H and O–H groups in total. The molecule has 0 fully saturated rings. The van der Waals surface area contributed by atoms with E-state index in [0.29, 0.717) is 35.7 Å². The van der Waals surface area contributed by atoms with Gasteiger partial charge in [0.05, 0.1) is 26.4 Å². The van der Waals surface area contributed by atoms with Crippen molar-refractivity contribution in [1.29, 1.82) is 0 Å². The van der Waals surface area contributed by atoms with Gasteiger partial charge in [0.1, 0.15) is 9.24 Å². The topological polar surface area (TPSA) is 71.1 Å². The molecule has 42 heavy (non-hydrogen) atoms. The Hall–Kier alpha value is -1.68. The smallest absolute Gasteiger partial charge is 0.305 e. The molecule has 4 aromatic heterocycles. The van der Waals surface area contributed by atoms with Crippen LogP contribution in [0.1, 0.15) is 27.7 Å². The van der Waals surface area contributed by atoms with Crippen LogP contribution in [-0.2, 0) is 27.2 Å². The van der Waals surface area contributed by atoms with E-state index in [2.05, 4.69) is 36.4 Å². The summed E-state index contributed by atoms with van der Waals surface area (Å²) in [5.41, 5.74) is 0. The van der Waals surface area contributed by atoms with E-state index >= 15 is 0 Å². The number of hydrogen-bond donors (Lipinski definition) is 0. The van der Waals surface area contributed by atoms with Gasteiger partial charge in [0.15, 0.2) is 0 Å². The number of hydrogen-bond acceptors (Lipinski definition) is 10. The van der Waals surface area contributed by atoms with Crippen LogP contribution in [0.5, 0.6) is 0 Å². The molecule has 7 aromatic rings. The lowest BCUT2D eigenvalue weighted by Gasteiger charge is -2.14. The lowest BCUT2D eigenvalue weighted by Crippen LogP contribution is -2.06. The largest absolute Gasteiger partial charge is 0.371 e. The molecule has 12 heteroatoms. The fourth-order valence-electron chi connectivity index (χ4n) is 5.59. The zero-order valence-corrected chi connectivity index (χ0v) is 28.5. The van der Waals surface area contributed by atoms with E-state index < -0.39 is 15.2 Å². The third-order valence-electron chi connectivity index (χ3n) is 7.10. The molecule has 0 unspecified atom stereocenters. The highest BCUT2D eigenvalue weighted by molar-refractivity contribution is 7.70. The summed E-state index contributed by atoms with van der Waals surface area (Å²) in [5, 5.41) is 6.80. The minimum Gasteiger partial charge on any atom is -0.305 e. The predicted octanol–water partition coefficient (Wildman–Crippen LogP) is 10.6. The molecule has 0 aliphatic heterocycles. The zero-order chi connectivity index (χ0) is 29.2. The van der Waals surface area contributed by atoms with Gasteiger partial charge in [-0.05, 0) is 76.2 Å².